The van der Waals surface area contributed by atoms with Crippen molar-refractivity contribution < 1.29 is 9.59 Å². The summed E-state index contributed by atoms with van der Waals surface area (Å²) in [5, 5.41) is 13.0. The molecule has 1 aliphatic carbocycles. The van der Waals surface area contributed by atoms with Crippen molar-refractivity contribution in [2.24, 2.45) is 11.7 Å². The number of nitriles is 1. The number of nitrogens with zero attached hydrogens (tertiary/aromatic N) is 2. The van der Waals surface area contributed by atoms with Gasteiger partial charge in [0, 0.05) is 4.88 Å². The fourth-order valence-electron chi connectivity index (χ4n) is 3.14. The summed E-state index contributed by atoms with van der Waals surface area (Å²) in [5.41, 5.74) is 6.97. The van der Waals surface area contributed by atoms with Gasteiger partial charge in [-0.25, -0.2) is 0 Å². The Hall–Kier alpha value is -1.91. The summed E-state index contributed by atoms with van der Waals surface area (Å²) in [4.78, 5) is 26.6. The molecule has 0 bridgehead atoms. The Morgan fingerprint density at radius 3 is 2.84 bits per heavy atom. The molecule has 136 valence electrons. The molecule has 3 N–H and O–H groups in total. The molecule has 0 aliphatic heterocycles. The second-order valence-corrected chi connectivity index (χ2v) is 7.85. The zero-order valence-corrected chi connectivity index (χ0v) is 15.7. The normalized spacial score (nSPS) is 16.3. The number of carbonyl (C=O) groups is 2. The predicted octanol–water partition coefficient (Wildman–Crippen LogP) is 2.27. The maximum Gasteiger partial charge on any atom is 0.239 e. The molecule has 1 atom stereocenters. The standard InChI is InChI=1S/C18H26N4O2S/c1-3-4-7-22(10-16(20)23)11-17(24)21-18-14(9-19)13-6-5-12(2)8-15(13)25-18/h12H,3-8,10-11H2,1-2H3,(H2,20,23)(H,21,24). The molecule has 1 aliphatic rings. The number of nitrogens with two attached hydrogens (primary N) is 1. The molecule has 2 rings (SSSR count). The Kier molecular flexibility index (Phi) is 6.97. The Labute approximate surface area is 153 Å². The Morgan fingerprint density at radius 1 is 1.44 bits per heavy atom. The molecule has 1 unspecified atom stereocenters. The topological polar surface area (TPSA) is 99.2 Å². The number of anilines is 1. The first-order valence-corrected chi connectivity index (χ1v) is 9.61. The number of thiophene rings is 1. The van der Waals surface area contributed by atoms with Crippen LogP contribution in [-0.4, -0.2) is 36.3 Å². The quantitative estimate of drug-likeness (QED) is 0.741. The molecular formula is C18H26N4O2S. The average Bonchev–Trinajstić information content (AvgIpc) is 2.87. The molecule has 1 aromatic heterocycles. The van der Waals surface area contributed by atoms with Crippen LogP contribution < -0.4 is 11.1 Å². The van der Waals surface area contributed by atoms with E-state index in [1.54, 1.807) is 4.90 Å². The maximum absolute atomic E-state index is 12.4. The largest absolute Gasteiger partial charge is 0.369 e. The number of carbonyl (C=O) groups excluding carboxylic acids is 2. The molecule has 0 saturated carbocycles. The average molecular weight is 362 g/mol. The van der Waals surface area contributed by atoms with E-state index in [2.05, 4.69) is 25.2 Å². The molecule has 0 fully saturated rings. The Balaban J connectivity index is 2.06. The SMILES string of the molecule is CCCCN(CC(N)=O)CC(=O)Nc1sc2c(c1C#N)CCC(C)C2. The highest BCUT2D eigenvalue weighted by molar-refractivity contribution is 7.16. The minimum absolute atomic E-state index is 0.0665. The van der Waals surface area contributed by atoms with Gasteiger partial charge in [0.2, 0.25) is 11.8 Å². The summed E-state index contributed by atoms with van der Waals surface area (Å²) in [6.07, 6.45) is 4.82. The van der Waals surface area contributed by atoms with Crippen molar-refractivity contribution in [3.63, 3.8) is 0 Å². The van der Waals surface area contributed by atoms with Gasteiger partial charge in [-0.1, -0.05) is 20.3 Å². The smallest absolute Gasteiger partial charge is 0.239 e. The number of hydrogen-bond donors (Lipinski definition) is 2. The van der Waals surface area contributed by atoms with Gasteiger partial charge >= 0.3 is 0 Å². The third kappa shape index (κ3) is 5.28. The van der Waals surface area contributed by atoms with Gasteiger partial charge in [0.1, 0.15) is 11.1 Å². The summed E-state index contributed by atoms with van der Waals surface area (Å²) < 4.78 is 0. The van der Waals surface area contributed by atoms with Crippen LogP contribution in [0.1, 0.15) is 49.1 Å². The summed E-state index contributed by atoms with van der Waals surface area (Å²) in [5.74, 6) is -0.0379. The fourth-order valence-corrected chi connectivity index (χ4v) is 4.52. The lowest BCUT2D eigenvalue weighted by Gasteiger charge is -2.19. The lowest BCUT2D eigenvalue weighted by Crippen LogP contribution is -2.39. The monoisotopic (exact) mass is 362 g/mol. The fraction of sp³-hybridized carbons (Fsp3) is 0.611. The van der Waals surface area contributed by atoms with E-state index in [1.165, 1.54) is 16.2 Å². The van der Waals surface area contributed by atoms with Crippen LogP contribution in [0.2, 0.25) is 0 Å². The third-order valence-corrected chi connectivity index (χ3v) is 5.62. The van der Waals surface area contributed by atoms with Gasteiger partial charge in [-0.05, 0) is 43.7 Å². The summed E-state index contributed by atoms with van der Waals surface area (Å²) in [7, 11) is 0. The first kappa shape index (κ1) is 19.4. The lowest BCUT2D eigenvalue weighted by molar-refractivity contribution is -0.121. The van der Waals surface area contributed by atoms with E-state index in [4.69, 9.17) is 5.73 Å². The predicted molar refractivity (Wildman–Crippen MR) is 99.4 cm³/mol. The number of amides is 2. The van der Waals surface area contributed by atoms with Crippen LogP contribution in [0.25, 0.3) is 0 Å². The molecule has 25 heavy (non-hydrogen) atoms. The van der Waals surface area contributed by atoms with Crippen LogP contribution in [-0.2, 0) is 22.4 Å². The van der Waals surface area contributed by atoms with Crippen LogP contribution in [0, 0.1) is 17.2 Å². The van der Waals surface area contributed by atoms with E-state index in [0.717, 1.165) is 37.7 Å². The second kappa shape index (κ2) is 8.97. The van der Waals surface area contributed by atoms with E-state index >= 15 is 0 Å². The molecule has 7 heteroatoms. The summed E-state index contributed by atoms with van der Waals surface area (Å²) >= 11 is 1.51. The number of rotatable bonds is 8. The van der Waals surface area contributed by atoms with Gasteiger partial charge in [0.15, 0.2) is 0 Å². The number of primary amides is 1. The van der Waals surface area contributed by atoms with Crippen molar-refractivity contribution in [1.29, 1.82) is 5.26 Å². The lowest BCUT2D eigenvalue weighted by atomic mass is 9.89. The van der Waals surface area contributed by atoms with Crippen LogP contribution in [0.5, 0.6) is 0 Å². The molecule has 1 heterocycles. The second-order valence-electron chi connectivity index (χ2n) is 6.75. The van der Waals surface area contributed by atoms with Crippen LogP contribution in [0.15, 0.2) is 0 Å². The molecule has 0 spiro atoms. The molecule has 6 nitrogen and oxygen atoms in total. The molecule has 1 aromatic rings. The van der Waals surface area contributed by atoms with E-state index in [-0.39, 0.29) is 19.0 Å². The Bertz CT molecular complexity index is 677. The van der Waals surface area contributed by atoms with Gasteiger partial charge in [-0.2, -0.15) is 5.26 Å². The van der Waals surface area contributed by atoms with Crippen molar-refractivity contribution in [3.8, 4) is 6.07 Å². The van der Waals surface area contributed by atoms with E-state index in [9.17, 15) is 14.9 Å². The minimum Gasteiger partial charge on any atom is -0.369 e. The first-order chi connectivity index (χ1) is 11.9. The van der Waals surface area contributed by atoms with Crippen molar-refractivity contribution in [3.05, 3.63) is 16.0 Å². The molecule has 0 aromatic carbocycles. The number of hydrogen-bond acceptors (Lipinski definition) is 5. The molecule has 0 radical (unpaired) electrons. The third-order valence-electron chi connectivity index (χ3n) is 4.45. The highest BCUT2D eigenvalue weighted by atomic mass is 32.1. The van der Waals surface area contributed by atoms with E-state index in [0.29, 0.717) is 23.0 Å². The zero-order chi connectivity index (χ0) is 18.4. The molecule has 2 amide bonds. The van der Waals surface area contributed by atoms with Crippen LogP contribution >= 0.6 is 11.3 Å². The van der Waals surface area contributed by atoms with Crippen molar-refractivity contribution in [1.82, 2.24) is 4.90 Å². The minimum atomic E-state index is -0.442. The van der Waals surface area contributed by atoms with Gasteiger partial charge in [-0.15, -0.1) is 11.3 Å². The number of nitrogens with one attached hydrogen (secondary N) is 1. The first-order valence-electron chi connectivity index (χ1n) is 8.79. The number of unbranched alkanes of at least 4 members (excludes halogenated alkanes) is 1. The van der Waals surface area contributed by atoms with Crippen LogP contribution in [0.3, 0.4) is 0 Å². The van der Waals surface area contributed by atoms with Crippen LogP contribution in [0.4, 0.5) is 5.00 Å². The summed E-state index contributed by atoms with van der Waals surface area (Å²) in [6.45, 7) is 5.08. The van der Waals surface area contributed by atoms with Gasteiger partial charge in [-0.3, -0.25) is 14.5 Å². The van der Waals surface area contributed by atoms with E-state index in [1.807, 2.05) is 0 Å². The van der Waals surface area contributed by atoms with Gasteiger partial charge < -0.3 is 11.1 Å². The molecular weight excluding hydrogens is 336 g/mol. The highest BCUT2D eigenvalue weighted by Gasteiger charge is 2.25. The van der Waals surface area contributed by atoms with E-state index < -0.39 is 5.91 Å². The zero-order valence-electron chi connectivity index (χ0n) is 14.9. The Morgan fingerprint density at radius 2 is 2.20 bits per heavy atom. The van der Waals surface area contributed by atoms with Crippen molar-refractivity contribution in [2.75, 3.05) is 25.0 Å². The number of fused-ring (bicyclic) bond motifs is 1. The highest BCUT2D eigenvalue weighted by Crippen LogP contribution is 2.39. The van der Waals surface area contributed by atoms with Crippen molar-refractivity contribution in [2.45, 2.75) is 46.0 Å². The molecule has 0 saturated heterocycles. The van der Waals surface area contributed by atoms with Gasteiger partial charge in [0.25, 0.3) is 0 Å². The van der Waals surface area contributed by atoms with Crippen molar-refractivity contribution >= 4 is 28.2 Å². The van der Waals surface area contributed by atoms with Gasteiger partial charge in [0.05, 0.1) is 18.7 Å². The summed E-state index contributed by atoms with van der Waals surface area (Å²) in [6, 6.07) is 2.25. The maximum atomic E-state index is 12.4.